The number of carbonyl (C=O) groups is 1. The van der Waals surface area contributed by atoms with Gasteiger partial charge < -0.3 is 20.1 Å². The summed E-state index contributed by atoms with van der Waals surface area (Å²) in [7, 11) is -3.14. The third kappa shape index (κ3) is 6.59. The van der Waals surface area contributed by atoms with Crippen LogP contribution in [0.5, 0.6) is 5.75 Å². The number of pyridine rings is 1. The van der Waals surface area contributed by atoms with Crippen LogP contribution in [0.1, 0.15) is 47.7 Å². The molecule has 9 nitrogen and oxygen atoms in total. The molecule has 1 aromatic carbocycles. The topological polar surface area (TPSA) is 133 Å². The highest BCUT2D eigenvalue weighted by Crippen LogP contribution is 2.36. The number of hydrogen-bond acceptors (Lipinski definition) is 7. The molecule has 0 aliphatic carbocycles. The number of sulfone groups is 1. The summed E-state index contributed by atoms with van der Waals surface area (Å²) in [6, 6.07) is 9.52. The molecule has 200 valence electrons. The third-order valence-electron chi connectivity index (χ3n) is 6.06. The number of nitrogens with zero attached hydrogens (tertiary/aromatic N) is 1. The fourth-order valence-corrected chi connectivity index (χ4v) is 5.67. The van der Waals surface area contributed by atoms with E-state index in [0.717, 1.165) is 0 Å². The molecule has 1 fully saturated rings. The Bertz CT molecular complexity index is 1360. The number of carbonyl (C=O) groups excluding carboxylic acids is 1. The van der Waals surface area contributed by atoms with Crippen LogP contribution in [0.3, 0.4) is 0 Å². The van der Waals surface area contributed by atoms with Crippen LogP contribution in [0.15, 0.2) is 36.4 Å². The van der Waals surface area contributed by atoms with Gasteiger partial charge in [0.05, 0.1) is 28.3 Å². The second-order valence-electron chi connectivity index (χ2n) is 8.82. The lowest BCUT2D eigenvalue weighted by atomic mass is 10.1. The van der Waals surface area contributed by atoms with Crippen LogP contribution in [0.4, 0.5) is 18.9 Å². The second kappa shape index (κ2) is 10.7. The molecule has 3 aromatic rings. The molecule has 1 aliphatic heterocycles. The number of ether oxygens (including phenoxy) is 1. The highest BCUT2D eigenvalue weighted by atomic mass is 32.2. The zero-order chi connectivity index (χ0) is 26.8. The van der Waals surface area contributed by atoms with E-state index in [4.69, 9.17) is 4.74 Å². The second-order valence-corrected chi connectivity index (χ2v) is 11.1. The first-order valence-electron chi connectivity index (χ1n) is 11.7. The van der Waals surface area contributed by atoms with Gasteiger partial charge in [-0.2, -0.15) is 13.2 Å². The molecule has 1 unspecified atom stereocenters. The maximum absolute atomic E-state index is 13.0. The Morgan fingerprint density at radius 2 is 1.92 bits per heavy atom. The smallest absolute Gasteiger partial charge is 0.422 e. The minimum Gasteiger partial charge on any atom is -0.481 e. The lowest BCUT2D eigenvalue weighted by molar-refractivity contribution is -0.153. The van der Waals surface area contributed by atoms with Crippen LogP contribution in [-0.2, 0) is 16.3 Å². The number of alkyl halides is 3. The van der Waals surface area contributed by atoms with E-state index in [-0.39, 0.29) is 52.9 Å². The number of aryl methyl sites for hydroxylation is 1. The van der Waals surface area contributed by atoms with Gasteiger partial charge in [0.25, 0.3) is 5.91 Å². The summed E-state index contributed by atoms with van der Waals surface area (Å²) in [5, 5.41) is 16.6. The van der Waals surface area contributed by atoms with Crippen molar-refractivity contribution in [2.45, 2.75) is 44.6 Å². The molecule has 0 radical (unpaired) electrons. The normalized spacial score (nSPS) is 17.0. The largest absolute Gasteiger partial charge is 0.481 e. The maximum atomic E-state index is 13.0. The van der Waals surface area contributed by atoms with E-state index in [2.05, 4.69) is 20.6 Å². The van der Waals surface area contributed by atoms with Gasteiger partial charge in [0.1, 0.15) is 27.4 Å². The Balaban J connectivity index is 1.69. The van der Waals surface area contributed by atoms with Crippen LogP contribution in [0.2, 0.25) is 0 Å². The molecule has 4 N–H and O–H groups in total. The molecule has 1 aliphatic rings. The van der Waals surface area contributed by atoms with Crippen LogP contribution in [0, 0.1) is 0 Å². The molecule has 13 heteroatoms. The quantitative estimate of drug-likeness (QED) is 0.322. The zero-order valence-corrected chi connectivity index (χ0v) is 20.7. The molecular weight excluding hydrogens is 513 g/mol. The van der Waals surface area contributed by atoms with Crippen LogP contribution < -0.4 is 15.4 Å². The Kier molecular flexibility index (Phi) is 7.76. The Labute approximate surface area is 211 Å². The SMILES string of the molecule is CCc1nc2[nH]c(C(O)NC3CCS(=O)(=O)CC3)c(OCC(F)(F)F)c2cc1NC(=O)c1ccccc1. The predicted octanol–water partition coefficient (Wildman–Crippen LogP) is 3.48. The van der Waals surface area contributed by atoms with Crippen molar-refractivity contribution in [1.82, 2.24) is 15.3 Å². The van der Waals surface area contributed by atoms with Crippen LogP contribution in [-0.4, -0.2) is 59.7 Å². The van der Waals surface area contributed by atoms with Crippen LogP contribution >= 0.6 is 0 Å². The van der Waals surface area contributed by atoms with Gasteiger partial charge in [0.2, 0.25) is 0 Å². The van der Waals surface area contributed by atoms with Gasteiger partial charge in [0, 0.05) is 11.6 Å². The number of rotatable bonds is 8. The number of anilines is 1. The van der Waals surface area contributed by atoms with Crippen molar-refractivity contribution in [3.63, 3.8) is 0 Å². The molecule has 1 atom stereocenters. The monoisotopic (exact) mass is 540 g/mol. The number of aromatic amines is 1. The first-order valence-corrected chi connectivity index (χ1v) is 13.5. The van der Waals surface area contributed by atoms with Crippen molar-refractivity contribution >= 4 is 32.5 Å². The van der Waals surface area contributed by atoms with Crippen molar-refractivity contribution in [3.8, 4) is 5.75 Å². The van der Waals surface area contributed by atoms with Gasteiger partial charge in [-0.1, -0.05) is 25.1 Å². The molecule has 0 spiro atoms. The van der Waals surface area contributed by atoms with E-state index in [1.54, 1.807) is 30.3 Å². The molecule has 1 amide bonds. The van der Waals surface area contributed by atoms with Gasteiger partial charge in [-0.25, -0.2) is 13.4 Å². The molecule has 3 heterocycles. The summed E-state index contributed by atoms with van der Waals surface area (Å²) in [5.41, 5.74) is 1.27. The number of amides is 1. The number of nitrogens with one attached hydrogen (secondary N) is 3. The number of aliphatic hydroxyl groups excluding tert-OH is 1. The highest BCUT2D eigenvalue weighted by molar-refractivity contribution is 7.91. The fourth-order valence-electron chi connectivity index (χ4n) is 4.18. The average molecular weight is 541 g/mol. The van der Waals surface area contributed by atoms with Gasteiger partial charge in [-0.3, -0.25) is 10.1 Å². The fraction of sp³-hybridized carbons (Fsp3) is 0.417. The van der Waals surface area contributed by atoms with E-state index >= 15 is 0 Å². The molecule has 0 bridgehead atoms. The van der Waals surface area contributed by atoms with Crippen LogP contribution in [0.25, 0.3) is 11.0 Å². The number of fused-ring (bicyclic) bond motifs is 1. The summed E-state index contributed by atoms with van der Waals surface area (Å²) in [4.78, 5) is 20.0. The first kappa shape index (κ1) is 26.9. The van der Waals surface area contributed by atoms with Crippen molar-refractivity contribution in [3.05, 3.63) is 53.3 Å². The third-order valence-corrected chi connectivity index (χ3v) is 7.78. The van der Waals surface area contributed by atoms with Crippen molar-refractivity contribution in [1.29, 1.82) is 0 Å². The lowest BCUT2D eigenvalue weighted by Crippen LogP contribution is -2.39. The predicted molar refractivity (Wildman–Crippen MR) is 131 cm³/mol. The molecule has 37 heavy (non-hydrogen) atoms. The van der Waals surface area contributed by atoms with E-state index in [0.29, 0.717) is 23.4 Å². The molecule has 0 saturated carbocycles. The number of halogens is 3. The van der Waals surface area contributed by atoms with Crippen molar-refractivity contribution in [2.75, 3.05) is 23.4 Å². The number of H-pyrrole nitrogens is 1. The molecule has 1 saturated heterocycles. The summed E-state index contributed by atoms with van der Waals surface area (Å²) >= 11 is 0. The minimum absolute atomic E-state index is 0.0482. The number of aliphatic hydroxyl groups is 1. The van der Waals surface area contributed by atoms with Gasteiger partial charge in [0.15, 0.2) is 12.4 Å². The van der Waals surface area contributed by atoms with E-state index < -0.39 is 34.8 Å². The summed E-state index contributed by atoms with van der Waals surface area (Å²) < 4.78 is 67.6. The summed E-state index contributed by atoms with van der Waals surface area (Å²) in [5.74, 6) is -0.777. The number of aromatic nitrogens is 2. The summed E-state index contributed by atoms with van der Waals surface area (Å²) in [6.45, 7) is 0.202. The Morgan fingerprint density at radius 3 is 2.54 bits per heavy atom. The highest BCUT2D eigenvalue weighted by Gasteiger charge is 2.32. The summed E-state index contributed by atoms with van der Waals surface area (Å²) in [6.07, 6.45) is -5.20. The average Bonchev–Trinajstić information content (AvgIpc) is 3.21. The first-order chi connectivity index (χ1) is 17.5. The minimum atomic E-state index is -4.64. The Morgan fingerprint density at radius 1 is 1.24 bits per heavy atom. The van der Waals surface area contributed by atoms with E-state index in [9.17, 15) is 31.5 Å². The maximum Gasteiger partial charge on any atom is 0.422 e. The van der Waals surface area contributed by atoms with Crippen molar-refractivity contribution in [2.24, 2.45) is 0 Å². The van der Waals surface area contributed by atoms with Gasteiger partial charge in [-0.05, 0) is 37.5 Å². The number of benzene rings is 1. The molecule has 2 aromatic heterocycles. The molecular formula is C24H27F3N4O5S. The van der Waals surface area contributed by atoms with E-state index in [1.807, 2.05) is 6.92 Å². The van der Waals surface area contributed by atoms with Gasteiger partial charge >= 0.3 is 6.18 Å². The van der Waals surface area contributed by atoms with Gasteiger partial charge in [-0.15, -0.1) is 0 Å². The zero-order valence-electron chi connectivity index (χ0n) is 19.9. The number of hydrogen-bond donors (Lipinski definition) is 4. The Hall–Kier alpha value is -3.16. The lowest BCUT2D eigenvalue weighted by Gasteiger charge is -2.26. The van der Waals surface area contributed by atoms with Crippen molar-refractivity contribution < 1.29 is 36.2 Å². The molecule has 4 rings (SSSR count). The van der Waals surface area contributed by atoms with E-state index in [1.165, 1.54) is 6.07 Å². The standard InChI is InChI=1S/C24H27F3N4O5S/c1-2-17-18(30-22(32)14-6-4-3-5-7-14)12-16-20(36-13-24(25,26)27)19(31-21(16)29-17)23(33)28-15-8-10-37(34,35)11-9-15/h3-7,12,15,23,28,33H,2,8-11,13H2,1H3,(H,29,31)(H,30,32).